The van der Waals surface area contributed by atoms with Gasteiger partial charge in [-0.15, -0.1) is 0 Å². The van der Waals surface area contributed by atoms with Crippen LogP contribution in [-0.2, 0) is 4.79 Å². The second-order valence-corrected chi connectivity index (χ2v) is 7.13. The van der Waals surface area contributed by atoms with E-state index in [1.165, 1.54) is 0 Å². The van der Waals surface area contributed by atoms with Gasteiger partial charge in [-0.25, -0.2) is 0 Å². The van der Waals surface area contributed by atoms with Gasteiger partial charge in [0.15, 0.2) is 0 Å². The van der Waals surface area contributed by atoms with Crippen molar-refractivity contribution in [2.75, 3.05) is 25.4 Å². The predicted octanol–water partition coefficient (Wildman–Crippen LogP) is 1.48. The van der Waals surface area contributed by atoms with Gasteiger partial charge < -0.3 is 10.2 Å². The van der Waals surface area contributed by atoms with Gasteiger partial charge in [0.1, 0.15) is 0 Å². The van der Waals surface area contributed by atoms with E-state index >= 15 is 0 Å². The number of nitrogens with zero attached hydrogens (tertiary/aromatic N) is 1. The maximum atomic E-state index is 12.2. The quantitative estimate of drug-likeness (QED) is 0.756. The number of carbonyl (C=O) groups excluding carboxylic acids is 1. The van der Waals surface area contributed by atoms with E-state index in [1.54, 1.807) is 0 Å². The van der Waals surface area contributed by atoms with E-state index in [1.807, 2.05) is 11.8 Å². The summed E-state index contributed by atoms with van der Waals surface area (Å²) in [4.78, 5) is 14.3. The first kappa shape index (κ1) is 12.2. The summed E-state index contributed by atoms with van der Waals surface area (Å²) in [7, 11) is 0. The summed E-state index contributed by atoms with van der Waals surface area (Å²) in [6.45, 7) is 7.41. The molecule has 0 unspecified atom stereocenters. The Hall–Kier alpha value is -0.220. The van der Waals surface area contributed by atoms with E-state index in [0.29, 0.717) is 10.7 Å². The van der Waals surface area contributed by atoms with Gasteiger partial charge in [-0.3, -0.25) is 4.79 Å². The molecule has 0 aromatic heterocycles. The molecular weight excluding hydrogens is 220 g/mol. The fourth-order valence-electron chi connectivity index (χ4n) is 2.36. The molecular formula is C12H22N2OS. The maximum absolute atomic E-state index is 12.2. The Morgan fingerprint density at radius 3 is 2.94 bits per heavy atom. The number of thioether (sulfide) groups is 1. The Labute approximate surface area is 102 Å². The molecule has 1 amide bonds. The number of amides is 1. The summed E-state index contributed by atoms with van der Waals surface area (Å²) in [5.74, 6) is 1.40. The first-order valence-corrected chi connectivity index (χ1v) is 7.23. The van der Waals surface area contributed by atoms with Crippen molar-refractivity contribution in [2.24, 2.45) is 0 Å². The first-order valence-electron chi connectivity index (χ1n) is 6.25. The first-order chi connectivity index (χ1) is 7.58. The molecule has 1 atom stereocenters. The smallest absolute Gasteiger partial charge is 0.239 e. The molecule has 2 rings (SSSR count). The van der Waals surface area contributed by atoms with Gasteiger partial charge in [-0.05, 0) is 25.8 Å². The van der Waals surface area contributed by atoms with Crippen LogP contribution in [0.15, 0.2) is 0 Å². The summed E-state index contributed by atoms with van der Waals surface area (Å²) in [6.07, 6.45) is 3.27. The molecule has 92 valence electrons. The monoisotopic (exact) mass is 242 g/mol. The third-order valence-corrected chi connectivity index (χ3v) is 4.88. The highest BCUT2D eigenvalue weighted by Gasteiger charge is 2.30. The summed E-state index contributed by atoms with van der Waals surface area (Å²) in [5, 5.41) is 3.30. The van der Waals surface area contributed by atoms with Gasteiger partial charge in [-0.2, -0.15) is 11.8 Å². The topological polar surface area (TPSA) is 32.3 Å². The van der Waals surface area contributed by atoms with Crippen LogP contribution in [-0.4, -0.2) is 47.0 Å². The fraction of sp³-hybridized carbons (Fsp3) is 0.917. The van der Waals surface area contributed by atoms with Gasteiger partial charge in [0.25, 0.3) is 0 Å². The lowest BCUT2D eigenvalue weighted by molar-refractivity contribution is -0.132. The average molecular weight is 242 g/mol. The third-order valence-electron chi connectivity index (χ3n) is 3.51. The lowest BCUT2D eigenvalue weighted by atomic mass is 10.1. The van der Waals surface area contributed by atoms with E-state index in [4.69, 9.17) is 0 Å². The molecule has 2 saturated heterocycles. The van der Waals surface area contributed by atoms with Gasteiger partial charge in [0.05, 0.1) is 6.04 Å². The number of hydrogen-bond acceptors (Lipinski definition) is 3. The molecule has 0 aromatic rings. The van der Waals surface area contributed by atoms with Crippen LogP contribution in [0, 0.1) is 0 Å². The van der Waals surface area contributed by atoms with Gasteiger partial charge in [-0.1, -0.05) is 13.8 Å². The highest BCUT2D eigenvalue weighted by Crippen LogP contribution is 2.30. The van der Waals surface area contributed by atoms with Crippen molar-refractivity contribution < 1.29 is 4.79 Å². The second-order valence-electron chi connectivity index (χ2n) is 5.33. The molecule has 0 spiro atoms. The Kier molecular flexibility index (Phi) is 3.80. The van der Waals surface area contributed by atoms with Crippen molar-refractivity contribution in [2.45, 2.75) is 43.9 Å². The minimum atomic E-state index is 0.103. The number of nitrogens with one attached hydrogen (secondary N) is 1. The van der Waals surface area contributed by atoms with E-state index in [0.717, 1.165) is 44.6 Å². The lowest BCUT2D eigenvalue weighted by Crippen LogP contribution is -2.44. The zero-order chi connectivity index (χ0) is 11.6. The molecule has 0 aliphatic carbocycles. The summed E-state index contributed by atoms with van der Waals surface area (Å²) < 4.78 is 0.331. The SMILES string of the molecule is CC1(C)CCN(C(=O)[C@H]2CCCN2)CCS1. The van der Waals surface area contributed by atoms with Gasteiger partial charge in [0, 0.05) is 23.6 Å². The lowest BCUT2D eigenvalue weighted by Gasteiger charge is -2.25. The minimum Gasteiger partial charge on any atom is -0.340 e. The zero-order valence-corrected chi connectivity index (χ0v) is 11.1. The van der Waals surface area contributed by atoms with Crippen molar-refractivity contribution >= 4 is 17.7 Å². The Bertz CT molecular complexity index is 262. The fourth-order valence-corrected chi connectivity index (χ4v) is 3.46. The molecule has 16 heavy (non-hydrogen) atoms. The highest BCUT2D eigenvalue weighted by molar-refractivity contribution is 8.00. The molecule has 0 bridgehead atoms. The number of hydrogen-bond donors (Lipinski definition) is 1. The minimum absolute atomic E-state index is 0.103. The molecule has 2 fully saturated rings. The summed E-state index contributed by atoms with van der Waals surface area (Å²) in [5.41, 5.74) is 0. The Morgan fingerprint density at radius 2 is 2.25 bits per heavy atom. The molecule has 3 nitrogen and oxygen atoms in total. The van der Waals surface area contributed by atoms with Crippen LogP contribution in [0.5, 0.6) is 0 Å². The summed E-state index contributed by atoms with van der Waals surface area (Å²) in [6, 6.07) is 0.103. The van der Waals surface area contributed by atoms with Crippen molar-refractivity contribution in [3.05, 3.63) is 0 Å². The predicted molar refractivity (Wildman–Crippen MR) is 68.8 cm³/mol. The van der Waals surface area contributed by atoms with Gasteiger partial charge >= 0.3 is 0 Å². The Balaban J connectivity index is 1.91. The van der Waals surface area contributed by atoms with E-state index < -0.39 is 0 Å². The van der Waals surface area contributed by atoms with Crippen molar-refractivity contribution in [1.82, 2.24) is 10.2 Å². The molecule has 1 N–H and O–H groups in total. The molecule has 2 aliphatic heterocycles. The van der Waals surface area contributed by atoms with Crippen molar-refractivity contribution in [3.8, 4) is 0 Å². The van der Waals surface area contributed by atoms with Crippen LogP contribution in [0.4, 0.5) is 0 Å². The van der Waals surface area contributed by atoms with Crippen LogP contribution < -0.4 is 5.32 Å². The molecule has 2 aliphatic rings. The van der Waals surface area contributed by atoms with E-state index in [9.17, 15) is 4.79 Å². The summed E-state index contributed by atoms with van der Waals surface area (Å²) >= 11 is 1.99. The molecule has 0 radical (unpaired) electrons. The van der Waals surface area contributed by atoms with Gasteiger partial charge in [0.2, 0.25) is 5.91 Å². The largest absolute Gasteiger partial charge is 0.340 e. The van der Waals surface area contributed by atoms with Crippen LogP contribution in [0.3, 0.4) is 0 Å². The van der Waals surface area contributed by atoms with Crippen LogP contribution >= 0.6 is 11.8 Å². The second kappa shape index (κ2) is 4.96. The molecule has 0 aromatic carbocycles. The van der Waals surface area contributed by atoms with Crippen molar-refractivity contribution in [3.63, 3.8) is 0 Å². The number of carbonyl (C=O) groups is 1. The van der Waals surface area contributed by atoms with Crippen LogP contribution in [0.25, 0.3) is 0 Å². The molecule has 0 saturated carbocycles. The Morgan fingerprint density at radius 1 is 1.44 bits per heavy atom. The van der Waals surface area contributed by atoms with Crippen molar-refractivity contribution in [1.29, 1.82) is 0 Å². The van der Waals surface area contributed by atoms with E-state index in [-0.39, 0.29) is 6.04 Å². The highest BCUT2D eigenvalue weighted by atomic mass is 32.2. The van der Waals surface area contributed by atoms with E-state index in [2.05, 4.69) is 24.1 Å². The molecule has 2 heterocycles. The maximum Gasteiger partial charge on any atom is 0.239 e. The normalized spacial score (nSPS) is 30.1. The van der Waals surface area contributed by atoms with Crippen LogP contribution in [0.2, 0.25) is 0 Å². The van der Waals surface area contributed by atoms with Crippen LogP contribution in [0.1, 0.15) is 33.1 Å². The third kappa shape index (κ3) is 2.92. The zero-order valence-electron chi connectivity index (χ0n) is 10.3. The standard InChI is InChI=1S/C12H22N2OS/c1-12(2)5-7-14(8-9-16-12)11(15)10-4-3-6-13-10/h10,13H,3-9H2,1-2H3/t10-/m1/s1. The average Bonchev–Trinajstić information content (AvgIpc) is 2.69. The molecule has 4 heteroatoms. The number of rotatable bonds is 1.